The lowest BCUT2D eigenvalue weighted by molar-refractivity contribution is -0.134. The monoisotopic (exact) mass is 385 g/mol. The molecule has 2 aromatic rings. The smallest absolute Gasteiger partial charge is 0.224 e. The van der Waals surface area contributed by atoms with Gasteiger partial charge < -0.3 is 14.5 Å². The summed E-state index contributed by atoms with van der Waals surface area (Å²) in [7, 11) is 1.72. The number of ether oxygens (including phenoxy) is 1. The number of likely N-dealkylation sites (tertiary alicyclic amines) is 1. The van der Waals surface area contributed by atoms with E-state index in [-0.39, 0.29) is 11.8 Å². The number of rotatable bonds is 7. The fourth-order valence-corrected chi connectivity index (χ4v) is 3.24. The van der Waals surface area contributed by atoms with Gasteiger partial charge in [0.2, 0.25) is 11.8 Å². The Morgan fingerprint density at radius 1 is 1.36 bits per heavy atom. The summed E-state index contributed by atoms with van der Waals surface area (Å²) in [5.41, 5.74) is 1.68. The summed E-state index contributed by atoms with van der Waals surface area (Å²) < 4.78 is 5.90. The van der Waals surface area contributed by atoms with Crippen molar-refractivity contribution >= 4 is 11.8 Å². The largest absolute Gasteiger partial charge is 0.492 e. The first-order valence-corrected chi connectivity index (χ1v) is 9.61. The molecule has 0 aromatic carbocycles. The lowest BCUT2D eigenvalue weighted by Gasteiger charge is -2.33. The average Bonchev–Trinajstić information content (AvgIpc) is 3.25. The molecule has 0 aliphatic carbocycles. The van der Waals surface area contributed by atoms with Gasteiger partial charge in [0.15, 0.2) is 0 Å². The molecule has 1 N–H and O–H groups in total. The first-order chi connectivity index (χ1) is 13.5. The minimum Gasteiger partial charge on any atom is -0.492 e. The van der Waals surface area contributed by atoms with Crippen molar-refractivity contribution in [1.29, 1.82) is 0 Å². The molecule has 1 atom stereocenters. The molecule has 8 nitrogen and oxygen atoms in total. The Morgan fingerprint density at radius 2 is 2.21 bits per heavy atom. The van der Waals surface area contributed by atoms with Gasteiger partial charge in [0.1, 0.15) is 5.75 Å². The van der Waals surface area contributed by atoms with E-state index in [9.17, 15) is 9.59 Å². The van der Waals surface area contributed by atoms with Gasteiger partial charge in [-0.15, -0.1) is 0 Å². The lowest BCUT2D eigenvalue weighted by Crippen LogP contribution is -2.42. The normalized spacial score (nSPS) is 16.6. The van der Waals surface area contributed by atoms with E-state index >= 15 is 0 Å². The topological polar surface area (TPSA) is 91.4 Å². The van der Waals surface area contributed by atoms with Crippen LogP contribution in [0.1, 0.15) is 26.2 Å². The number of amides is 2. The maximum absolute atomic E-state index is 12.4. The van der Waals surface area contributed by atoms with E-state index in [1.165, 1.54) is 6.92 Å². The van der Waals surface area contributed by atoms with E-state index in [1.807, 2.05) is 23.1 Å². The van der Waals surface area contributed by atoms with Crippen LogP contribution in [0.5, 0.6) is 5.75 Å². The summed E-state index contributed by atoms with van der Waals surface area (Å²) >= 11 is 0. The number of aromatic amines is 1. The second kappa shape index (κ2) is 9.34. The van der Waals surface area contributed by atoms with E-state index in [0.717, 1.165) is 36.5 Å². The summed E-state index contributed by atoms with van der Waals surface area (Å²) in [5.74, 6) is 1.10. The van der Waals surface area contributed by atoms with Gasteiger partial charge in [0, 0.05) is 52.1 Å². The van der Waals surface area contributed by atoms with Crippen LogP contribution in [-0.2, 0) is 9.59 Å². The molecule has 2 amide bonds. The van der Waals surface area contributed by atoms with Crippen LogP contribution in [0, 0.1) is 5.92 Å². The zero-order valence-electron chi connectivity index (χ0n) is 16.4. The van der Waals surface area contributed by atoms with E-state index < -0.39 is 0 Å². The Kier molecular flexibility index (Phi) is 6.62. The van der Waals surface area contributed by atoms with Crippen LogP contribution in [-0.4, -0.2) is 70.1 Å². The van der Waals surface area contributed by atoms with Gasteiger partial charge in [-0.2, -0.15) is 5.10 Å². The number of hydrogen-bond acceptors (Lipinski definition) is 5. The van der Waals surface area contributed by atoms with Gasteiger partial charge >= 0.3 is 0 Å². The molecular weight excluding hydrogens is 358 g/mol. The van der Waals surface area contributed by atoms with Gasteiger partial charge in [-0.25, -0.2) is 0 Å². The Hall–Kier alpha value is -2.90. The fourth-order valence-electron chi connectivity index (χ4n) is 3.24. The van der Waals surface area contributed by atoms with Crippen LogP contribution in [0.3, 0.4) is 0 Å². The summed E-state index contributed by atoms with van der Waals surface area (Å²) in [6.45, 7) is 4.00. The van der Waals surface area contributed by atoms with Crippen molar-refractivity contribution in [3.63, 3.8) is 0 Å². The number of carbonyl (C=O) groups is 2. The van der Waals surface area contributed by atoms with Crippen molar-refractivity contribution in [2.75, 3.05) is 33.3 Å². The first kappa shape index (κ1) is 19.9. The highest BCUT2D eigenvalue weighted by Crippen LogP contribution is 2.21. The quantitative estimate of drug-likeness (QED) is 0.787. The highest BCUT2D eigenvalue weighted by molar-refractivity contribution is 5.78. The number of aromatic nitrogens is 3. The Balaban J connectivity index is 1.45. The van der Waals surface area contributed by atoms with E-state index in [0.29, 0.717) is 32.0 Å². The molecule has 2 aromatic heterocycles. The zero-order valence-corrected chi connectivity index (χ0v) is 16.4. The SMILES string of the molecule is CC(=O)N(C)CCC(=O)N1CCC[C@@H](COc2ccc(-c3ccn[nH]3)nc2)C1. The minimum absolute atomic E-state index is 0.0233. The number of carbonyl (C=O) groups excluding carboxylic acids is 2. The molecule has 3 heterocycles. The maximum atomic E-state index is 12.4. The predicted molar refractivity (Wildman–Crippen MR) is 105 cm³/mol. The maximum Gasteiger partial charge on any atom is 0.224 e. The van der Waals surface area contributed by atoms with Crippen molar-refractivity contribution < 1.29 is 14.3 Å². The molecule has 28 heavy (non-hydrogen) atoms. The molecule has 1 aliphatic rings. The van der Waals surface area contributed by atoms with Crippen molar-refractivity contribution in [1.82, 2.24) is 25.0 Å². The highest BCUT2D eigenvalue weighted by atomic mass is 16.5. The molecule has 0 saturated carbocycles. The van der Waals surface area contributed by atoms with Crippen LogP contribution in [0.25, 0.3) is 11.4 Å². The molecule has 0 radical (unpaired) electrons. The summed E-state index contributed by atoms with van der Waals surface area (Å²) in [6, 6.07) is 5.66. The predicted octanol–water partition coefficient (Wildman–Crippen LogP) is 1.96. The lowest BCUT2D eigenvalue weighted by atomic mass is 9.98. The number of hydrogen-bond donors (Lipinski definition) is 1. The van der Waals surface area contributed by atoms with Crippen LogP contribution in [0.4, 0.5) is 0 Å². The first-order valence-electron chi connectivity index (χ1n) is 9.61. The molecule has 1 aliphatic heterocycles. The summed E-state index contributed by atoms with van der Waals surface area (Å²) in [4.78, 5) is 31.5. The second-order valence-corrected chi connectivity index (χ2v) is 7.20. The molecule has 0 unspecified atom stereocenters. The highest BCUT2D eigenvalue weighted by Gasteiger charge is 2.24. The number of nitrogens with zero attached hydrogens (tertiary/aromatic N) is 4. The summed E-state index contributed by atoms with van der Waals surface area (Å²) in [5, 5.41) is 6.81. The van der Waals surface area contributed by atoms with Crippen molar-refractivity contribution in [3.8, 4) is 17.1 Å². The van der Waals surface area contributed by atoms with Gasteiger partial charge in [-0.05, 0) is 31.0 Å². The molecule has 8 heteroatoms. The Labute approximate surface area is 164 Å². The standard InChI is InChI=1S/C20H27N5O3/c1-15(26)24(2)11-8-20(27)25-10-3-4-16(13-25)14-28-17-5-6-18(21-12-17)19-7-9-22-23-19/h5-7,9,12,16H,3-4,8,10-11,13-14H2,1-2H3,(H,22,23)/t16-/m1/s1. The Morgan fingerprint density at radius 3 is 2.89 bits per heavy atom. The molecular formula is C20H27N5O3. The van der Waals surface area contributed by atoms with Crippen molar-refractivity contribution in [3.05, 3.63) is 30.6 Å². The van der Waals surface area contributed by atoms with E-state index in [4.69, 9.17) is 4.74 Å². The van der Waals surface area contributed by atoms with Gasteiger partial charge in [-0.1, -0.05) is 0 Å². The molecule has 1 fully saturated rings. The number of nitrogens with one attached hydrogen (secondary N) is 1. The second-order valence-electron chi connectivity index (χ2n) is 7.20. The van der Waals surface area contributed by atoms with Crippen molar-refractivity contribution in [2.24, 2.45) is 5.92 Å². The minimum atomic E-state index is -0.0233. The average molecular weight is 385 g/mol. The number of pyridine rings is 1. The van der Waals surface area contributed by atoms with E-state index in [2.05, 4.69) is 15.2 Å². The number of H-pyrrole nitrogens is 1. The van der Waals surface area contributed by atoms with Crippen LogP contribution >= 0.6 is 0 Å². The molecule has 150 valence electrons. The molecule has 3 rings (SSSR count). The van der Waals surface area contributed by atoms with E-state index in [1.54, 1.807) is 24.3 Å². The third-order valence-electron chi connectivity index (χ3n) is 5.07. The molecule has 1 saturated heterocycles. The molecule has 0 bridgehead atoms. The summed E-state index contributed by atoms with van der Waals surface area (Å²) in [6.07, 6.45) is 5.77. The third kappa shape index (κ3) is 5.31. The number of piperidine rings is 1. The zero-order chi connectivity index (χ0) is 19.9. The Bertz CT molecular complexity index is 776. The van der Waals surface area contributed by atoms with Gasteiger partial charge in [0.25, 0.3) is 0 Å². The van der Waals surface area contributed by atoms with Gasteiger partial charge in [-0.3, -0.25) is 19.7 Å². The fraction of sp³-hybridized carbons (Fsp3) is 0.500. The third-order valence-corrected chi connectivity index (χ3v) is 5.07. The van der Waals surface area contributed by atoms with Crippen LogP contribution in [0.2, 0.25) is 0 Å². The van der Waals surface area contributed by atoms with Crippen LogP contribution in [0.15, 0.2) is 30.6 Å². The molecule has 0 spiro atoms. The van der Waals surface area contributed by atoms with Crippen LogP contribution < -0.4 is 4.74 Å². The van der Waals surface area contributed by atoms with Gasteiger partial charge in [0.05, 0.1) is 24.2 Å². The van der Waals surface area contributed by atoms with Crippen molar-refractivity contribution in [2.45, 2.75) is 26.2 Å².